The molecule has 1 aliphatic heterocycles. The molecule has 3 rings (SSSR count). The SMILES string of the molecule is COC(=O)[C@@H]1[C@@H](CC(=O)OC(C)(C)C)[C@@H](c2ccccc2OC)CN1C(=O)c1ccccc1. The molecule has 33 heavy (non-hydrogen) atoms. The van der Waals surface area contributed by atoms with Crippen molar-refractivity contribution in [3.63, 3.8) is 0 Å². The van der Waals surface area contributed by atoms with E-state index in [-0.39, 0.29) is 24.8 Å². The second kappa shape index (κ2) is 10.1. The van der Waals surface area contributed by atoms with Crippen LogP contribution in [0.4, 0.5) is 0 Å². The maximum Gasteiger partial charge on any atom is 0.328 e. The Morgan fingerprint density at radius 1 is 0.970 bits per heavy atom. The van der Waals surface area contributed by atoms with Crippen molar-refractivity contribution in [2.24, 2.45) is 5.92 Å². The Morgan fingerprint density at radius 2 is 1.61 bits per heavy atom. The maximum atomic E-state index is 13.4. The zero-order chi connectivity index (χ0) is 24.2. The number of hydrogen-bond acceptors (Lipinski definition) is 6. The lowest BCUT2D eigenvalue weighted by molar-refractivity contribution is -0.157. The third kappa shape index (κ3) is 5.53. The largest absolute Gasteiger partial charge is 0.496 e. The van der Waals surface area contributed by atoms with E-state index in [2.05, 4.69) is 0 Å². The molecule has 0 aromatic heterocycles. The van der Waals surface area contributed by atoms with Gasteiger partial charge in [-0.1, -0.05) is 36.4 Å². The van der Waals surface area contributed by atoms with E-state index in [1.807, 2.05) is 30.3 Å². The number of rotatable bonds is 6. The second-order valence-corrected chi connectivity index (χ2v) is 9.09. The van der Waals surface area contributed by atoms with Crippen molar-refractivity contribution >= 4 is 17.8 Å². The van der Waals surface area contributed by atoms with Gasteiger partial charge in [0.1, 0.15) is 17.4 Å². The van der Waals surface area contributed by atoms with E-state index >= 15 is 0 Å². The van der Waals surface area contributed by atoms with Gasteiger partial charge in [-0.25, -0.2) is 4.79 Å². The molecule has 2 aromatic rings. The molecular weight excluding hydrogens is 422 g/mol. The van der Waals surface area contributed by atoms with E-state index in [1.165, 1.54) is 12.0 Å². The van der Waals surface area contributed by atoms with Gasteiger partial charge in [0, 0.05) is 23.9 Å². The summed E-state index contributed by atoms with van der Waals surface area (Å²) in [6.07, 6.45) is -0.0433. The van der Waals surface area contributed by atoms with Crippen LogP contribution in [0.1, 0.15) is 49.0 Å². The molecule has 3 atom stereocenters. The molecule has 0 aliphatic carbocycles. The van der Waals surface area contributed by atoms with Gasteiger partial charge in [0.05, 0.1) is 20.6 Å². The molecule has 2 aromatic carbocycles. The Balaban J connectivity index is 2.06. The highest BCUT2D eigenvalue weighted by molar-refractivity contribution is 5.97. The summed E-state index contributed by atoms with van der Waals surface area (Å²) >= 11 is 0. The summed E-state index contributed by atoms with van der Waals surface area (Å²) in [6.45, 7) is 5.61. The van der Waals surface area contributed by atoms with E-state index in [4.69, 9.17) is 14.2 Å². The zero-order valence-corrected chi connectivity index (χ0v) is 19.7. The quantitative estimate of drug-likeness (QED) is 0.619. The third-order valence-corrected chi connectivity index (χ3v) is 5.74. The molecule has 1 amide bonds. The highest BCUT2D eigenvalue weighted by atomic mass is 16.6. The Bertz CT molecular complexity index is 997. The third-order valence-electron chi connectivity index (χ3n) is 5.74. The van der Waals surface area contributed by atoms with Gasteiger partial charge in [0.25, 0.3) is 5.91 Å². The summed E-state index contributed by atoms with van der Waals surface area (Å²) < 4.78 is 16.2. The average Bonchev–Trinajstić information content (AvgIpc) is 3.15. The predicted molar refractivity (Wildman–Crippen MR) is 123 cm³/mol. The van der Waals surface area contributed by atoms with E-state index in [0.717, 1.165) is 5.56 Å². The molecule has 1 aliphatic rings. The molecule has 0 saturated carbocycles. The first kappa shape index (κ1) is 24.3. The molecule has 0 spiro atoms. The van der Waals surface area contributed by atoms with Gasteiger partial charge < -0.3 is 19.1 Å². The first-order valence-corrected chi connectivity index (χ1v) is 10.9. The number of hydrogen-bond donors (Lipinski definition) is 0. The molecule has 0 N–H and O–H groups in total. The number of carbonyl (C=O) groups is 3. The van der Waals surface area contributed by atoms with Crippen LogP contribution in [0.3, 0.4) is 0 Å². The second-order valence-electron chi connectivity index (χ2n) is 9.09. The summed E-state index contributed by atoms with van der Waals surface area (Å²) in [5.41, 5.74) is 0.615. The fraction of sp³-hybridized carbons (Fsp3) is 0.423. The molecule has 7 nitrogen and oxygen atoms in total. The molecule has 7 heteroatoms. The number of carbonyl (C=O) groups excluding carboxylic acids is 3. The van der Waals surface area contributed by atoms with Gasteiger partial charge in [0.2, 0.25) is 0 Å². The van der Waals surface area contributed by atoms with Crippen LogP contribution in [0, 0.1) is 5.92 Å². The van der Waals surface area contributed by atoms with Crippen LogP contribution < -0.4 is 4.74 Å². The van der Waals surface area contributed by atoms with Crippen LogP contribution in [0.15, 0.2) is 54.6 Å². The average molecular weight is 454 g/mol. The predicted octanol–water partition coefficient (Wildman–Crippen LogP) is 3.82. The lowest BCUT2D eigenvalue weighted by atomic mass is 9.82. The van der Waals surface area contributed by atoms with E-state index < -0.39 is 29.5 Å². The molecule has 1 heterocycles. The van der Waals surface area contributed by atoms with Crippen LogP contribution >= 0.6 is 0 Å². The van der Waals surface area contributed by atoms with Gasteiger partial charge in [-0.2, -0.15) is 0 Å². The lowest BCUT2D eigenvalue weighted by Crippen LogP contribution is -2.44. The molecule has 1 fully saturated rings. The monoisotopic (exact) mass is 453 g/mol. The lowest BCUT2D eigenvalue weighted by Gasteiger charge is -2.27. The van der Waals surface area contributed by atoms with E-state index in [9.17, 15) is 14.4 Å². The molecular formula is C26H31NO6. The normalized spacial score (nSPS) is 20.3. The van der Waals surface area contributed by atoms with Gasteiger partial charge in [0.15, 0.2) is 0 Å². The van der Waals surface area contributed by atoms with Crippen molar-refractivity contribution in [1.82, 2.24) is 4.90 Å². The maximum absolute atomic E-state index is 13.4. The Morgan fingerprint density at radius 3 is 2.21 bits per heavy atom. The first-order valence-electron chi connectivity index (χ1n) is 10.9. The Labute approximate surface area is 194 Å². The number of benzene rings is 2. The van der Waals surface area contributed by atoms with Crippen molar-refractivity contribution in [2.75, 3.05) is 20.8 Å². The number of methoxy groups -OCH3 is 2. The van der Waals surface area contributed by atoms with Crippen molar-refractivity contribution in [3.8, 4) is 5.75 Å². The fourth-order valence-corrected chi connectivity index (χ4v) is 4.42. The van der Waals surface area contributed by atoms with Crippen LogP contribution in [0.2, 0.25) is 0 Å². The number of likely N-dealkylation sites (tertiary alicyclic amines) is 1. The Hall–Kier alpha value is -3.35. The minimum absolute atomic E-state index is 0.0433. The minimum Gasteiger partial charge on any atom is -0.496 e. The first-order chi connectivity index (χ1) is 15.7. The summed E-state index contributed by atoms with van der Waals surface area (Å²) in [6, 6.07) is 15.3. The number of nitrogens with zero attached hydrogens (tertiary/aromatic N) is 1. The molecule has 1 saturated heterocycles. The van der Waals surface area contributed by atoms with Crippen molar-refractivity contribution in [1.29, 1.82) is 0 Å². The smallest absolute Gasteiger partial charge is 0.328 e. The van der Waals surface area contributed by atoms with Gasteiger partial charge in [-0.3, -0.25) is 9.59 Å². The van der Waals surface area contributed by atoms with Gasteiger partial charge in [-0.05, 0) is 44.5 Å². The number of ether oxygens (including phenoxy) is 3. The van der Waals surface area contributed by atoms with Crippen molar-refractivity contribution in [2.45, 2.75) is 44.8 Å². The summed E-state index contributed by atoms with van der Waals surface area (Å²) in [5, 5.41) is 0. The zero-order valence-electron chi connectivity index (χ0n) is 19.7. The van der Waals surface area contributed by atoms with Crippen molar-refractivity contribution in [3.05, 3.63) is 65.7 Å². The topological polar surface area (TPSA) is 82.1 Å². The summed E-state index contributed by atoms with van der Waals surface area (Å²) in [7, 11) is 2.86. The van der Waals surface area contributed by atoms with E-state index in [0.29, 0.717) is 11.3 Å². The van der Waals surface area contributed by atoms with Crippen LogP contribution in [0.25, 0.3) is 0 Å². The minimum atomic E-state index is -0.940. The molecule has 176 valence electrons. The highest BCUT2D eigenvalue weighted by Crippen LogP contribution is 2.44. The van der Waals surface area contributed by atoms with Crippen LogP contribution in [-0.4, -0.2) is 55.2 Å². The van der Waals surface area contributed by atoms with Gasteiger partial charge >= 0.3 is 11.9 Å². The summed E-state index contributed by atoms with van der Waals surface area (Å²) in [5.74, 6) is -1.53. The van der Waals surface area contributed by atoms with Gasteiger partial charge in [-0.15, -0.1) is 0 Å². The number of para-hydroxylation sites is 1. The molecule has 0 bridgehead atoms. The number of amides is 1. The fourth-order valence-electron chi connectivity index (χ4n) is 4.42. The van der Waals surface area contributed by atoms with Crippen LogP contribution in [0.5, 0.6) is 5.75 Å². The highest BCUT2D eigenvalue weighted by Gasteiger charge is 2.50. The summed E-state index contributed by atoms with van der Waals surface area (Å²) in [4.78, 5) is 40.8. The van der Waals surface area contributed by atoms with Crippen molar-refractivity contribution < 1.29 is 28.6 Å². The number of esters is 2. The van der Waals surface area contributed by atoms with Crippen LogP contribution in [-0.2, 0) is 19.1 Å². The molecule has 0 unspecified atom stereocenters. The van der Waals surface area contributed by atoms with E-state index in [1.54, 1.807) is 52.1 Å². The molecule has 0 radical (unpaired) electrons. The standard InChI is InChI=1S/C26H31NO6/c1-26(2,3)33-22(28)15-19-20(18-13-9-10-14-21(18)31-4)16-27(23(19)25(30)32-5)24(29)17-11-7-6-8-12-17/h6-14,19-20,23H,15-16H2,1-5H3/t19-,20+,23-/m0/s1. The Kier molecular flexibility index (Phi) is 7.41.